The number of phosphoric acid groups is 2. The summed E-state index contributed by atoms with van der Waals surface area (Å²) in [7, 11) is -11.1. The molecule has 22 nitrogen and oxygen atoms in total. The van der Waals surface area contributed by atoms with Gasteiger partial charge in [0.2, 0.25) is 5.91 Å². The molecule has 43 heavy (non-hydrogen) atoms. The minimum Gasteiger partial charge on any atom is -1.00 e. The van der Waals surface area contributed by atoms with Crippen LogP contribution in [0.4, 0.5) is 0 Å². The Kier molecular flexibility index (Phi) is 13.7. The normalized spacial score (nSPS) is 33.3. The van der Waals surface area contributed by atoms with Crippen molar-refractivity contribution in [2.45, 2.75) is 55.3 Å². The molecule has 2 fully saturated rings. The van der Waals surface area contributed by atoms with Gasteiger partial charge in [0.25, 0.3) is 5.56 Å². The molecule has 1 amide bonds. The topological polar surface area (TPSA) is 345 Å². The van der Waals surface area contributed by atoms with Crippen molar-refractivity contribution in [3.05, 3.63) is 43.5 Å². The number of phosphoric ester groups is 2. The van der Waals surface area contributed by atoms with Gasteiger partial charge in [0, 0.05) is 29.7 Å². The predicted octanol–water partition coefficient (Wildman–Crippen LogP) is -6.58. The van der Waals surface area contributed by atoms with Crippen LogP contribution in [0.1, 0.15) is 14.1 Å². The number of H-pyrrole nitrogens is 1. The first-order valence-electron chi connectivity index (χ1n) is 11.9. The van der Waals surface area contributed by atoms with Crippen molar-refractivity contribution in [3.8, 4) is 0 Å². The largest absolute Gasteiger partial charge is 1.00 e. The fourth-order valence-corrected chi connectivity index (χ4v) is 6.61. The molecule has 0 spiro atoms. The average molecular weight is 670 g/mol. The number of hydrogen-bond donors (Lipinski definition) is 9. The Hall–Kier alpha value is -1.52. The molecular weight excluding hydrogens is 641 g/mol. The zero-order chi connectivity index (χ0) is 31.4. The van der Waals surface area contributed by atoms with Crippen LogP contribution in [-0.2, 0) is 32.0 Å². The number of amides is 1. The number of rotatable bonds is 12. The molecule has 9 N–H and O–H groups in total. The monoisotopic (exact) mass is 670 g/mol. The molecule has 0 bridgehead atoms. The number of aromatic amines is 1. The minimum absolute atomic E-state index is 0. The standard InChI is InChI=1S/C18H28N6O16P2.Na.H/c19-23-20-4-11(27)21-12-8(3-7(5-25)13(28)15(12)30)39-42(35,36)40-41(33,34)37-6-9-14(29)16(31)17(38-9)24-2-1-10(26)22-18(24)32;;/h1-2,7-9,12-17,25,28-31H,3-6H2,(H,21,27)(H,33,34)(H,35,36)(H,22,26,32);;/q;+1;-1. The summed E-state index contributed by atoms with van der Waals surface area (Å²) in [6.07, 6.45) is -11.5. The van der Waals surface area contributed by atoms with Crippen LogP contribution >= 0.6 is 15.6 Å². The molecule has 1 aliphatic heterocycles. The molecule has 11 atom stereocenters. The van der Waals surface area contributed by atoms with Gasteiger partial charge in [-0.2, -0.15) is 4.31 Å². The van der Waals surface area contributed by atoms with Gasteiger partial charge in [-0.1, -0.05) is 5.11 Å². The van der Waals surface area contributed by atoms with Gasteiger partial charge in [-0.15, -0.1) is 0 Å². The third-order valence-electron chi connectivity index (χ3n) is 6.32. The number of nitrogens with one attached hydrogen (secondary N) is 2. The van der Waals surface area contributed by atoms with Crippen LogP contribution in [0, 0.1) is 5.92 Å². The van der Waals surface area contributed by atoms with Gasteiger partial charge in [-0.05, 0) is 12.0 Å². The number of hydrogen-bond acceptors (Lipinski definition) is 15. The van der Waals surface area contributed by atoms with Crippen LogP contribution < -0.4 is 46.1 Å². The molecule has 3 rings (SSSR count). The molecule has 1 aromatic heterocycles. The summed E-state index contributed by atoms with van der Waals surface area (Å²) in [5, 5.41) is 55.6. The Bertz CT molecular complexity index is 1400. The van der Waals surface area contributed by atoms with E-state index in [4.69, 9.17) is 14.8 Å². The molecule has 0 radical (unpaired) electrons. The first kappa shape index (κ1) is 37.7. The Labute approximate surface area is 263 Å². The number of carbonyl (C=O) groups is 1. The second kappa shape index (κ2) is 15.7. The molecular formula is C18H29N6NaO16P2. The molecule has 1 saturated heterocycles. The molecule has 11 unspecified atom stereocenters. The number of nitrogens with zero attached hydrogens (tertiary/aromatic N) is 4. The summed E-state index contributed by atoms with van der Waals surface area (Å²) >= 11 is 0. The van der Waals surface area contributed by atoms with Gasteiger partial charge < -0.3 is 46.8 Å². The van der Waals surface area contributed by atoms with Crippen molar-refractivity contribution in [2.75, 3.05) is 19.8 Å². The van der Waals surface area contributed by atoms with E-state index in [1.807, 2.05) is 4.98 Å². The number of aromatic nitrogens is 2. The van der Waals surface area contributed by atoms with E-state index in [1.54, 1.807) is 0 Å². The van der Waals surface area contributed by atoms with Crippen LogP contribution in [0.3, 0.4) is 0 Å². The third kappa shape index (κ3) is 9.73. The number of aliphatic hydroxyl groups is 5. The predicted molar refractivity (Wildman–Crippen MR) is 133 cm³/mol. The second-order valence-electron chi connectivity index (χ2n) is 9.16. The Morgan fingerprint density at radius 3 is 2.47 bits per heavy atom. The Morgan fingerprint density at radius 2 is 1.86 bits per heavy atom. The van der Waals surface area contributed by atoms with Gasteiger partial charge in [0.05, 0.1) is 24.9 Å². The van der Waals surface area contributed by atoms with E-state index in [2.05, 4.69) is 24.2 Å². The van der Waals surface area contributed by atoms with Crippen LogP contribution in [0.15, 0.2) is 27.0 Å². The van der Waals surface area contributed by atoms with E-state index in [1.165, 1.54) is 0 Å². The van der Waals surface area contributed by atoms with Crippen molar-refractivity contribution in [3.63, 3.8) is 0 Å². The smallest absolute Gasteiger partial charge is 1.00 e. The molecule has 25 heteroatoms. The van der Waals surface area contributed by atoms with Crippen molar-refractivity contribution in [1.82, 2.24) is 14.9 Å². The van der Waals surface area contributed by atoms with Crippen molar-refractivity contribution >= 4 is 21.6 Å². The maximum absolute atomic E-state index is 12.6. The summed E-state index contributed by atoms with van der Waals surface area (Å²) in [6.45, 7) is -2.54. The maximum Gasteiger partial charge on any atom is 1.00 e. The number of carbonyl (C=O) groups excluding carboxylic acids is 1. The summed E-state index contributed by atoms with van der Waals surface area (Å²) in [4.78, 5) is 59.7. The van der Waals surface area contributed by atoms with E-state index in [0.717, 1.165) is 16.8 Å². The van der Waals surface area contributed by atoms with E-state index >= 15 is 0 Å². The fraction of sp³-hybridized carbons (Fsp3) is 0.722. The molecule has 238 valence electrons. The van der Waals surface area contributed by atoms with Gasteiger partial charge in [-0.25, -0.2) is 13.9 Å². The zero-order valence-corrected chi connectivity index (χ0v) is 26.0. The van der Waals surface area contributed by atoms with Gasteiger partial charge in [0.15, 0.2) is 6.23 Å². The third-order valence-corrected chi connectivity index (χ3v) is 8.98. The molecule has 1 aliphatic carbocycles. The Balaban J connectivity index is 0.00000484. The van der Waals surface area contributed by atoms with Crippen molar-refractivity contribution in [1.29, 1.82) is 0 Å². The van der Waals surface area contributed by atoms with Crippen molar-refractivity contribution in [2.24, 2.45) is 11.0 Å². The SMILES string of the molecule is [H-].[N-]=[N+]=NCC(=O)NC1C(OP(=O)(O)OP(=O)(O)OCC2OC(n3ccc(=O)[nH]c3=O)C(O)C2O)CC(CO)C(O)C1O.[Na+]. The second-order valence-corrected chi connectivity index (χ2v) is 12.2. The van der Waals surface area contributed by atoms with Gasteiger partial charge in [-0.3, -0.25) is 28.2 Å². The van der Waals surface area contributed by atoms with Crippen LogP contribution in [-0.4, -0.2) is 113 Å². The van der Waals surface area contributed by atoms with Crippen molar-refractivity contribution < 1.29 is 98.3 Å². The maximum atomic E-state index is 12.6. The van der Waals surface area contributed by atoms with Gasteiger partial charge in [0.1, 0.15) is 31.0 Å². The van der Waals surface area contributed by atoms with E-state index in [9.17, 15) is 58.8 Å². The first-order valence-corrected chi connectivity index (χ1v) is 14.9. The van der Waals surface area contributed by atoms with Crippen LogP contribution in [0.2, 0.25) is 0 Å². The quantitative estimate of drug-likeness (QED) is 0.0328. The molecule has 1 saturated carbocycles. The molecule has 2 aliphatic rings. The van der Waals surface area contributed by atoms with E-state index < -0.39 is 114 Å². The van der Waals surface area contributed by atoms with E-state index in [-0.39, 0.29) is 31.0 Å². The molecule has 0 aromatic carbocycles. The average Bonchev–Trinajstić information content (AvgIpc) is 3.18. The van der Waals surface area contributed by atoms with Crippen LogP contribution in [0.25, 0.3) is 10.4 Å². The molecule has 1 aromatic rings. The first-order chi connectivity index (χ1) is 19.6. The number of aliphatic hydroxyl groups excluding tert-OH is 5. The molecule has 2 heterocycles. The van der Waals surface area contributed by atoms with Gasteiger partial charge >= 0.3 is 50.9 Å². The Morgan fingerprint density at radius 1 is 1.19 bits per heavy atom. The fourth-order valence-electron chi connectivity index (χ4n) is 4.33. The summed E-state index contributed by atoms with van der Waals surface area (Å²) in [6, 6.07) is -0.725. The number of ether oxygens (including phenoxy) is 1. The summed E-state index contributed by atoms with van der Waals surface area (Å²) in [5.41, 5.74) is 6.58. The zero-order valence-electron chi connectivity index (χ0n) is 23.2. The summed E-state index contributed by atoms with van der Waals surface area (Å²) in [5.74, 6) is -2.13. The van der Waals surface area contributed by atoms with Crippen LogP contribution in [0.5, 0.6) is 0 Å². The van der Waals surface area contributed by atoms with E-state index in [0.29, 0.717) is 0 Å². The summed E-state index contributed by atoms with van der Waals surface area (Å²) < 4.78 is 44.8. The minimum atomic E-state index is -5.61. The number of azide groups is 1.